The summed E-state index contributed by atoms with van der Waals surface area (Å²) in [5, 5.41) is 3.57. The molecule has 0 saturated carbocycles. The van der Waals surface area contributed by atoms with Crippen molar-refractivity contribution in [2.45, 2.75) is 25.9 Å². The molecule has 1 fully saturated rings. The molecule has 1 aliphatic heterocycles. The van der Waals surface area contributed by atoms with Gasteiger partial charge in [-0.2, -0.15) is 0 Å². The van der Waals surface area contributed by atoms with E-state index in [1.807, 2.05) is 24.3 Å². The molecule has 2 aromatic carbocycles. The fourth-order valence-corrected chi connectivity index (χ4v) is 3.03. The van der Waals surface area contributed by atoms with Crippen molar-refractivity contribution in [3.63, 3.8) is 0 Å². The summed E-state index contributed by atoms with van der Waals surface area (Å²) in [6.45, 7) is 3.79. The number of para-hydroxylation sites is 2. The number of hydrogen-bond donors (Lipinski definition) is 1. The Hall–Kier alpha value is -2.20. The van der Waals surface area contributed by atoms with Crippen LogP contribution in [0.25, 0.3) is 0 Å². The average molecular weight is 345 g/mol. The van der Waals surface area contributed by atoms with Gasteiger partial charge in [0.15, 0.2) is 6.10 Å². The standard InChI is InChI=1S/C19H21ClN2O2/c1-14(24-16-8-6-7-15(20)13-16)19(23)21-17-9-2-3-10-18(17)22-11-4-5-12-22/h2-3,6-10,13-14H,4-5,11-12H2,1H3,(H,21,23)/t14-/m1/s1. The summed E-state index contributed by atoms with van der Waals surface area (Å²) >= 11 is 5.95. The smallest absolute Gasteiger partial charge is 0.265 e. The maximum absolute atomic E-state index is 12.5. The fourth-order valence-electron chi connectivity index (χ4n) is 2.85. The maximum Gasteiger partial charge on any atom is 0.265 e. The molecule has 1 atom stereocenters. The van der Waals surface area contributed by atoms with Gasteiger partial charge in [0, 0.05) is 18.1 Å². The van der Waals surface area contributed by atoms with E-state index >= 15 is 0 Å². The van der Waals surface area contributed by atoms with Crippen molar-refractivity contribution in [2.24, 2.45) is 0 Å². The van der Waals surface area contributed by atoms with Crippen molar-refractivity contribution in [2.75, 3.05) is 23.3 Å². The highest BCUT2D eigenvalue weighted by Crippen LogP contribution is 2.29. The van der Waals surface area contributed by atoms with Crippen LogP contribution >= 0.6 is 11.6 Å². The SMILES string of the molecule is C[C@@H](Oc1cccc(Cl)c1)C(=O)Nc1ccccc1N1CCCC1. The predicted octanol–water partition coefficient (Wildman–Crippen LogP) is 4.35. The van der Waals surface area contributed by atoms with E-state index in [9.17, 15) is 4.79 Å². The van der Waals surface area contributed by atoms with Gasteiger partial charge in [-0.05, 0) is 50.1 Å². The van der Waals surface area contributed by atoms with Crippen molar-refractivity contribution >= 4 is 28.9 Å². The summed E-state index contributed by atoms with van der Waals surface area (Å²) in [6, 6.07) is 14.9. The Labute approximate surface area is 147 Å². The number of carbonyl (C=O) groups is 1. The van der Waals surface area contributed by atoms with Crippen LogP contribution in [0.4, 0.5) is 11.4 Å². The quantitative estimate of drug-likeness (QED) is 0.876. The Balaban J connectivity index is 1.68. The molecule has 0 radical (unpaired) electrons. The fraction of sp³-hybridized carbons (Fsp3) is 0.316. The van der Waals surface area contributed by atoms with Crippen LogP contribution in [0.2, 0.25) is 5.02 Å². The molecule has 4 nitrogen and oxygen atoms in total. The third-order valence-electron chi connectivity index (χ3n) is 4.09. The van der Waals surface area contributed by atoms with Crippen LogP contribution in [0.15, 0.2) is 48.5 Å². The second-order valence-electron chi connectivity index (χ2n) is 5.92. The van der Waals surface area contributed by atoms with Gasteiger partial charge in [0.1, 0.15) is 5.75 Å². The predicted molar refractivity (Wildman–Crippen MR) is 98.1 cm³/mol. The average Bonchev–Trinajstić information content (AvgIpc) is 3.09. The van der Waals surface area contributed by atoms with Gasteiger partial charge in [-0.25, -0.2) is 0 Å². The first kappa shape index (κ1) is 16.7. The third kappa shape index (κ3) is 4.01. The van der Waals surface area contributed by atoms with E-state index in [0.717, 1.165) is 24.5 Å². The van der Waals surface area contributed by atoms with Crippen molar-refractivity contribution in [1.82, 2.24) is 0 Å². The summed E-state index contributed by atoms with van der Waals surface area (Å²) in [5.74, 6) is 0.402. The molecule has 5 heteroatoms. The van der Waals surface area contributed by atoms with E-state index < -0.39 is 6.10 Å². The van der Waals surface area contributed by atoms with Crippen molar-refractivity contribution in [3.05, 3.63) is 53.6 Å². The molecule has 0 unspecified atom stereocenters. The van der Waals surface area contributed by atoms with Crippen LogP contribution in [0, 0.1) is 0 Å². The molecule has 0 spiro atoms. The van der Waals surface area contributed by atoms with Crippen molar-refractivity contribution in [3.8, 4) is 5.75 Å². The first-order valence-corrected chi connectivity index (χ1v) is 8.58. The van der Waals surface area contributed by atoms with E-state index in [4.69, 9.17) is 16.3 Å². The van der Waals surface area contributed by atoms with Crippen molar-refractivity contribution in [1.29, 1.82) is 0 Å². The molecule has 1 aliphatic rings. The molecule has 2 aromatic rings. The molecule has 1 amide bonds. The van der Waals surface area contributed by atoms with Gasteiger partial charge in [-0.3, -0.25) is 4.79 Å². The van der Waals surface area contributed by atoms with E-state index in [1.165, 1.54) is 12.8 Å². The van der Waals surface area contributed by atoms with Gasteiger partial charge in [-0.15, -0.1) is 0 Å². The Morgan fingerprint density at radius 2 is 1.92 bits per heavy atom. The number of hydrogen-bond acceptors (Lipinski definition) is 3. The van der Waals surface area contributed by atoms with Crippen molar-refractivity contribution < 1.29 is 9.53 Å². The summed E-state index contributed by atoms with van der Waals surface area (Å²) in [6.07, 6.45) is 1.77. The van der Waals surface area contributed by atoms with E-state index in [2.05, 4.69) is 10.2 Å². The van der Waals surface area contributed by atoms with E-state index in [-0.39, 0.29) is 5.91 Å². The minimum atomic E-state index is -0.616. The Kier molecular flexibility index (Phi) is 5.26. The lowest BCUT2D eigenvalue weighted by Crippen LogP contribution is -2.31. The van der Waals surface area contributed by atoms with Gasteiger partial charge in [0.2, 0.25) is 0 Å². The highest BCUT2D eigenvalue weighted by Gasteiger charge is 2.19. The lowest BCUT2D eigenvalue weighted by Gasteiger charge is -2.22. The van der Waals surface area contributed by atoms with Gasteiger partial charge in [0.05, 0.1) is 11.4 Å². The van der Waals surface area contributed by atoms with Crippen LogP contribution < -0.4 is 15.0 Å². The van der Waals surface area contributed by atoms with E-state index in [1.54, 1.807) is 31.2 Å². The lowest BCUT2D eigenvalue weighted by molar-refractivity contribution is -0.122. The molecule has 0 bridgehead atoms. The van der Waals surface area contributed by atoms with E-state index in [0.29, 0.717) is 10.8 Å². The number of nitrogens with zero attached hydrogens (tertiary/aromatic N) is 1. The molecule has 0 aliphatic carbocycles. The molecule has 1 heterocycles. The minimum absolute atomic E-state index is 0.179. The zero-order valence-corrected chi connectivity index (χ0v) is 14.4. The van der Waals surface area contributed by atoms with Crippen LogP contribution in [0.1, 0.15) is 19.8 Å². The Bertz CT molecular complexity index is 714. The maximum atomic E-state index is 12.5. The summed E-state index contributed by atoms with van der Waals surface area (Å²) in [5.41, 5.74) is 1.89. The molecular weight excluding hydrogens is 324 g/mol. The molecule has 1 saturated heterocycles. The second kappa shape index (κ2) is 7.58. The molecule has 1 N–H and O–H groups in total. The molecular formula is C19H21ClN2O2. The number of rotatable bonds is 5. The highest BCUT2D eigenvalue weighted by molar-refractivity contribution is 6.30. The van der Waals surface area contributed by atoms with Crippen LogP contribution in [0.5, 0.6) is 5.75 Å². The summed E-state index contributed by atoms with van der Waals surface area (Å²) in [4.78, 5) is 14.8. The topological polar surface area (TPSA) is 41.6 Å². The molecule has 24 heavy (non-hydrogen) atoms. The largest absolute Gasteiger partial charge is 0.481 e. The number of anilines is 2. The first-order valence-electron chi connectivity index (χ1n) is 8.20. The minimum Gasteiger partial charge on any atom is -0.481 e. The molecule has 126 valence electrons. The Morgan fingerprint density at radius 1 is 1.17 bits per heavy atom. The summed E-state index contributed by atoms with van der Waals surface area (Å²) < 4.78 is 5.68. The van der Waals surface area contributed by atoms with Gasteiger partial charge < -0.3 is 15.0 Å². The number of benzene rings is 2. The normalized spacial score (nSPS) is 15.2. The number of carbonyl (C=O) groups excluding carboxylic acids is 1. The molecule has 3 rings (SSSR count). The van der Waals surface area contributed by atoms with Gasteiger partial charge >= 0.3 is 0 Å². The first-order chi connectivity index (χ1) is 11.6. The summed E-state index contributed by atoms with van der Waals surface area (Å²) in [7, 11) is 0. The Morgan fingerprint density at radius 3 is 2.67 bits per heavy atom. The number of nitrogens with one attached hydrogen (secondary N) is 1. The zero-order valence-electron chi connectivity index (χ0n) is 13.7. The third-order valence-corrected chi connectivity index (χ3v) is 4.32. The number of halogens is 1. The number of amides is 1. The monoisotopic (exact) mass is 344 g/mol. The highest BCUT2D eigenvalue weighted by atomic mass is 35.5. The second-order valence-corrected chi connectivity index (χ2v) is 6.35. The number of ether oxygens (including phenoxy) is 1. The zero-order chi connectivity index (χ0) is 16.9. The van der Waals surface area contributed by atoms with Gasteiger partial charge in [0.25, 0.3) is 5.91 Å². The lowest BCUT2D eigenvalue weighted by atomic mass is 10.2. The van der Waals surface area contributed by atoms with Crippen LogP contribution in [-0.2, 0) is 4.79 Å². The molecule has 0 aromatic heterocycles. The van der Waals surface area contributed by atoms with Crippen LogP contribution in [-0.4, -0.2) is 25.1 Å². The van der Waals surface area contributed by atoms with Gasteiger partial charge in [-0.1, -0.05) is 29.8 Å². The van der Waals surface area contributed by atoms with Crippen LogP contribution in [0.3, 0.4) is 0 Å².